The summed E-state index contributed by atoms with van der Waals surface area (Å²) in [5.74, 6) is 1.45. The van der Waals surface area contributed by atoms with E-state index in [-0.39, 0.29) is 0 Å². The van der Waals surface area contributed by atoms with Crippen LogP contribution in [0.3, 0.4) is 0 Å². The molecule has 162 valence electrons. The third kappa shape index (κ3) is 2.92. The lowest BCUT2D eigenvalue weighted by Crippen LogP contribution is -1.93. The van der Waals surface area contributed by atoms with E-state index < -0.39 is 0 Å². The summed E-state index contributed by atoms with van der Waals surface area (Å²) in [5.41, 5.74) is 5.52. The Kier molecular flexibility index (Phi) is 4.21. The van der Waals surface area contributed by atoms with Crippen molar-refractivity contribution in [3.63, 3.8) is 0 Å². The molecule has 5 aromatic heterocycles. The van der Waals surface area contributed by atoms with Gasteiger partial charge in [-0.25, -0.2) is 29.9 Å². The lowest BCUT2D eigenvalue weighted by molar-refractivity contribution is 1.17. The van der Waals surface area contributed by atoms with Gasteiger partial charge in [-0.05, 0) is 13.8 Å². The van der Waals surface area contributed by atoms with Crippen molar-refractivity contribution in [2.75, 3.05) is 0 Å². The summed E-state index contributed by atoms with van der Waals surface area (Å²) in [5, 5.41) is 1.94. The van der Waals surface area contributed by atoms with E-state index in [4.69, 9.17) is 29.9 Å². The van der Waals surface area contributed by atoms with Crippen molar-refractivity contribution >= 4 is 63.8 Å². The Balaban J connectivity index is 1.47. The van der Waals surface area contributed by atoms with Gasteiger partial charge in [-0.1, -0.05) is 83.3 Å². The molecule has 0 amide bonds. The van der Waals surface area contributed by atoms with E-state index in [2.05, 4.69) is 0 Å². The van der Waals surface area contributed by atoms with Crippen LogP contribution in [0.15, 0.2) is 60.7 Å². The fourth-order valence-electron chi connectivity index (χ4n) is 4.27. The topological polar surface area (TPSA) is 77.3 Å². The zero-order chi connectivity index (χ0) is 22.8. The van der Waals surface area contributed by atoms with Gasteiger partial charge in [0.25, 0.3) is 0 Å². The zero-order valence-corrected chi connectivity index (χ0v) is 19.9. The van der Waals surface area contributed by atoms with Crippen molar-refractivity contribution < 1.29 is 0 Å². The molecule has 2 aromatic carbocycles. The molecular weight excluding hydrogens is 460 g/mol. The Morgan fingerprint density at radius 1 is 0.471 bits per heavy atom. The second-order valence-corrected chi connectivity index (χ2v) is 10.0. The molecule has 0 aliphatic carbocycles. The maximum absolute atomic E-state index is 5.03. The Morgan fingerprint density at radius 3 is 1.29 bits per heavy atom. The zero-order valence-electron chi connectivity index (χ0n) is 18.3. The van der Waals surface area contributed by atoms with Crippen molar-refractivity contribution in [2.24, 2.45) is 0 Å². The molecule has 0 saturated heterocycles. The highest BCUT2D eigenvalue weighted by atomic mass is 32.1. The highest BCUT2D eigenvalue weighted by Crippen LogP contribution is 2.39. The number of aromatic nitrogens is 6. The van der Waals surface area contributed by atoms with Crippen molar-refractivity contribution in [2.45, 2.75) is 13.8 Å². The van der Waals surface area contributed by atoms with Crippen LogP contribution in [-0.4, -0.2) is 29.9 Å². The third-order valence-electron chi connectivity index (χ3n) is 5.87. The second-order valence-electron chi connectivity index (χ2n) is 8.09. The number of thiophene rings is 2. The predicted molar refractivity (Wildman–Crippen MR) is 139 cm³/mol. The molecule has 0 aliphatic rings. The average Bonchev–Trinajstić information content (AvgIpc) is 3.41. The summed E-state index contributed by atoms with van der Waals surface area (Å²) in [6.45, 7) is 4.03. The molecule has 0 bridgehead atoms. The van der Waals surface area contributed by atoms with Crippen LogP contribution in [0.1, 0.15) is 11.4 Å². The second kappa shape index (κ2) is 7.31. The van der Waals surface area contributed by atoms with Gasteiger partial charge >= 0.3 is 0 Å². The summed E-state index contributed by atoms with van der Waals surface area (Å²) in [6, 6.07) is 20.1. The van der Waals surface area contributed by atoms with Crippen LogP contribution in [0.4, 0.5) is 0 Å². The quantitative estimate of drug-likeness (QED) is 0.275. The Hall–Kier alpha value is -3.88. The van der Waals surface area contributed by atoms with E-state index >= 15 is 0 Å². The van der Waals surface area contributed by atoms with E-state index in [1.165, 1.54) is 0 Å². The van der Waals surface area contributed by atoms with Crippen LogP contribution in [0, 0.1) is 13.8 Å². The molecule has 0 saturated carbocycles. The fraction of sp³-hybridized carbons (Fsp3) is 0.0769. The van der Waals surface area contributed by atoms with Crippen molar-refractivity contribution in [1.82, 2.24) is 29.9 Å². The first-order valence-electron chi connectivity index (χ1n) is 10.8. The van der Waals surface area contributed by atoms with E-state index in [1.54, 1.807) is 22.7 Å². The minimum absolute atomic E-state index is 0.724. The smallest absolute Gasteiger partial charge is 0.161 e. The average molecular weight is 477 g/mol. The summed E-state index contributed by atoms with van der Waals surface area (Å²) in [7, 11) is 0. The van der Waals surface area contributed by atoms with Crippen molar-refractivity contribution in [3.8, 4) is 22.8 Å². The van der Waals surface area contributed by atoms with Crippen LogP contribution >= 0.6 is 22.7 Å². The first-order chi connectivity index (χ1) is 16.7. The maximum Gasteiger partial charge on any atom is 0.161 e. The molecule has 6 nitrogen and oxygen atoms in total. The highest BCUT2D eigenvalue weighted by molar-refractivity contribution is 7.26. The Morgan fingerprint density at radius 2 is 0.882 bits per heavy atom. The first-order valence-corrected chi connectivity index (χ1v) is 12.5. The van der Waals surface area contributed by atoms with Crippen LogP contribution in [0.2, 0.25) is 0 Å². The largest absolute Gasteiger partial charge is 0.233 e. The highest BCUT2D eigenvalue weighted by Gasteiger charge is 2.20. The normalized spacial score (nSPS) is 11.8. The standard InChI is InChI=1S/C26H16N6S2/c1-13-17-19-25(33-23(17)31-21(27-13)15-9-5-3-6-10-15)30-20-18-14(2)28-22(16-11-7-4-8-12-16)32-24(18)34-26(20)29-19/h3-12H,1-2H3. The summed E-state index contributed by atoms with van der Waals surface area (Å²) in [6.07, 6.45) is 0. The maximum atomic E-state index is 5.03. The molecule has 34 heavy (non-hydrogen) atoms. The van der Waals surface area contributed by atoms with Gasteiger partial charge in [0.2, 0.25) is 0 Å². The van der Waals surface area contributed by atoms with E-state index in [1.807, 2.05) is 74.5 Å². The number of rotatable bonds is 2. The SMILES string of the molecule is Cc1nc(-c2ccccc2)nc2sc3nc4c(nc3c12)sc1nc(-c2ccccc2)nc(C)c14. The van der Waals surface area contributed by atoms with Crippen LogP contribution in [-0.2, 0) is 0 Å². The number of nitrogens with zero attached hydrogens (tertiary/aromatic N) is 6. The molecule has 0 unspecified atom stereocenters. The molecule has 8 heteroatoms. The van der Waals surface area contributed by atoms with Gasteiger partial charge in [0, 0.05) is 11.1 Å². The number of benzene rings is 2. The molecule has 0 radical (unpaired) electrons. The third-order valence-corrected chi connectivity index (χ3v) is 7.80. The van der Waals surface area contributed by atoms with Gasteiger partial charge < -0.3 is 0 Å². The molecule has 0 spiro atoms. The van der Waals surface area contributed by atoms with Gasteiger partial charge in [-0.2, -0.15) is 0 Å². The molecule has 0 atom stereocenters. The Bertz CT molecular complexity index is 1740. The van der Waals surface area contributed by atoms with Gasteiger partial charge in [0.1, 0.15) is 30.4 Å². The van der Waals surface area contributed by atoms with Crippen molar-refractivity contribution in [1.29, 1.82) is 0 Å². The molecule has 0 aliphatic heterocycles. The number of hydrogen-bond acceptors (Lipinski definition) is 8. The molecule has 5 heterocycles. The van der Waals surface area contributed by atoms with Gasteiger partial charge in [-0.15, -0.1) is 0 Å². The van der Waals surface area contributed by atoms with E-state index in [0.717, 1.165) is 75.3 Å². The van der Waals surface area contributed by atoms with Crippen molar-refractivity contribution in [3.05, 3.63) is 72.1 Å². The molecule has 7 aromatic rings. The molecular formula is C26H16N6S2. The lowest BCUT2D eigenvalue weighted by Gasteiger charge is -2.03. The van der Waals surface area contributed by atoms with E-state index in [9.17, 15) is 0 Å². The molecule has 0 fully saturated rings. The van der Waals surface area contributed by atoms with E-state index in [0.29, 0.717) is 0 Å². The summed E-state index contributed by atoms with van der Waals surface area (Å²) in [4.78, 5) is 32.9. The number of fused-ring (bicyclic) bond motifs is 6. The van der Waals surface area contributed by atoms with Gasteiger partial charge in [0.15, 0.2) is 11.6 Å². The van der Waals surface area contributed by atoms with Crippen LogP contribution < -0.4 is 0 Å². The lowest BCUT2D eigenvalue weighted by atomic mass is 10.2. The van der Waals surface area contributed by atoms with Crippen LogP contribution in [0.25, 0.3) is 63.9 Å². The predicted octanol–water partition coefficient (Wildman–Crippen LogP) is 6.74. The molecule has 7 rings (SSSR count). The fourth-order valence-corrected chi connectivity index (χ4v) is 6.36. The first kappa shape index (κ1) is 19.6. The summed E-state index contributed by atoms with van der Waals surface area (Å²) >= 11 is 3.11. The Labute approximate surface area is 202 Å². The summed E-state index contributed by atoms with van der Waals surface area (Å²) < 4.78 is 0. The minimum Gasteiger partial charge on any atom is -0.233 e. The molecule has 0 N–H and O–H groups in total. The monoisotopic (exact) mass is 476 g/mol. The number of hydrogen-bond donors (Lipinski definition) is 0. The minimum atomic E-state index is 0.724. The van der Waals surface area contributed by atoms with Gasteiger partial charge in [-0.3, -0.25) is 0 Å². The van der Waals surface area contributed by atoms with Gasteiger partial charge in [0.05, 0.1) is 22.2 Å². The number of aryl methyl sites for hydroxylation is 2. The van der Waals surface area contributed by atoms with Crippen LogP contribution in [0.5, 0.6) is 0 Å².